The number of carbonyl (C=O) groups excluding carboxylic acids is 1. The molecule has 1 aliphatic heterocycles. The smallest absolute Gasteiger partial charge is 0.366 e. The van der Waals surface area contributed by atoms with Crippen molar-refractivity contribution in [2.24, 2.45) is 5.73 Å². The van der Waals surface area contributed by atoms with Crippen molar-refractivity contribution in [1.29, 1.82) is 0 Å². The molecule has 0 aromatic heterocycles. The quantitative estimate of drug-likeness (QED) is 0.867. The maximum absolute atomic E-state index is 13.1. The first-order valence-corrected chi connectivity index (χ1v) is 6.11. The van der Waals surface area contributed by atoms with Gasteiger partial charge in [-0.3, -0.25) is 4.79 Å². The third-order valence-corrected chi connectivity index (χ3v) is 3.42. The van der Waals surface area contributed by atoms with Crippen LogP contribution in [0.15, 0.2) is 18.2 Å². The highest BCUT2D eigenvalue weighted by atomic mass is 19.4. The van der Waals surface area contributed by atoms with E-state index in [2.05, 4.69) is 5.32 Å². The zero-order valence-corrected chi connectivity index (χ0v) is 10.3. The molecule has 0 aliphatic carbocycles. The first-order chi connectivity index (χ1) is 8.89. The Labute approximate surface area is 109 Å². The van der Waals surface area contributed by atoms with E-state index in [1.807, 2.05) is 0 Å². The first kappa shape index (κ1) is 13.9. The molecule has 0 bridgehead atoms. The maximum Gasteiger partial charge on any atom is 0.416 e. The van der Waals surface area contributed by atoms with E-state index in [9.17, 15) is 18.0 Å². The van der Waals surface area contributed by atoms with E-state index in [-0.39, 0.29) is 17.0 Å². The third-order valence-electron chi connectivity index (χ3n) is 3.42. The van der Waals surface area contributed by atoms with Crippen molar-refractivity contribution in [2.75, 3.05) is 13.1 Å². The largest absolute Gasteiger partial charge is 0.416 e. The molecule has 19 heavy (non-hydrogen) atoms. The fourth-order valence-corrected chi connectivity index (χ4v) is 2.44. The molecule has 0 spiro atoms. The van der Waals surface area contributed by atoms with E-state index in [4.69, 9.17) is 5.73 Å². The lowest BCUT2D eigenvalue weighted by molar-refractivity contribution is -0.138. The molecule has 0 atom stereocenters. The number of carbonyl (C=O) groups is 1. The van der Waals surface area contributed by atoms with E-state index < -0.39 is 17.6 Å². The number of hydrogen-bond acceptors (Lipinski definition) is 2. The Bertz CT molecular complexity index is 479. The van der Waals surface area contributed by atoms with Gasteiger partial charge >= 0.3 is 6.18 Å². The predicted molar refractivity (Wildman–Crippen MR) is 64.8 cm³/mol. The summed E-state index contributed by atoms with van der Waals surface area (Å²) in [7, 11) is 0. The predicted octanol–water partition coefficient (Wildman–Crippen LogP) is 2.27. The van der Waals surface area contributed by atoms with Gasteiger partial charge in [0.25, 0.3) is 0 Å². The lowest BCUT2D eigenvalue weighted by Gasteiger charge is -2.26. The number of primary amides is 1. The summed E-state index contributed by atoms with van der Waals surface area (Å²) in [5, 5.41) is 3.12. The average molecular weight is 272 g/mol. The number of alkyl halides is 3. The second-order valence-electron chi connectivity index (χ2n) is 4.69. The molecule has 1 aromatic rings. The number of hydrogen-bond donors (Lipinski definition) is 2. The van der Waals surface area contributed by atoms with Gasteiger partial charge in [-0.2, -0.15) is 13.2 Å². The number of halogens is 3. The van der Waals surface area contributed by atoms with Crippen LogP contribution in [0.5, 0.6) is 0 Å². The highest BCUT2D eigenvalue weighted by Gasteiger charge is 2.36. The first-order valence-electron chi connectivity index (χ1n) is 6.11. The Morgan fingerprint density at radius 2 is 1.89 bits per heavy atom. The van der Waals surface area contributed by atoms with Gasteiger partial charge in [0.05, 0.1) is 5.56 Å². The summed E-state index contributed by atoms with van der Waals surface area (Å²) in [5.74, 6) is -0.970. The standard InChI is InChI=1S/C13H15F3N2O/c14-13(15,16)11-7-9(12(17)19)1-2-10(11)8-3-5-18-6-4-8/h1-2,7-8,18H,3-6H2,(H2,17,19). The third kappa shape index (κ3) is 3.07. The summed E-state index contributed by atoms with van der Waals surface area (Å²) >= 11 is 0. The summed E-state index contributed by atoms with van der Waals surface area (Å²) in [6.07, 6.45) is -3.14. The molecule has 1 fully saturated rings. The molecule has 0 saturated carbocycles. The highest BCUT2D eigenvalue weighted by molar-refractivity contribution is 5.93. The Balaban J connectivity index is 2.44. The van der Waals surface area contributed by atoms with Crippen molar-refractivity contribution < 1.29 is 18.0 Å². The summed E-state index contributed by atoms with van der Waals surface area (Å²) in [6, 6.07) is 3.62. The molecule has 1 saturated heterocycles. The fraction of sp³-hybridized carbons (Fsp3) is 0.462. The van der Waals surface area contributed by atoms with Crippen molar-refractivity contribution in [2.45, 2.75) is 24.9 Å². The summed E-state index contributed by atoms with van der Waals surface area (Å²) in [5.41, 5.74) is 4.45. The number of amides is 1. The summed E-state index contributed by atoms with van der Waals surface area (Å²) in [6.45, 7) is 1.42. The molecule has 1 amide bonds. The lowest BCUT2D eigenvalue weighted by atomic mass is 9.86. The van der Waals surface area contributed by atoms with Gasteiger partial charge in [0.2, 0.25) is 5.91 Å². The zero-order valence-electron chi connectivity index (χ0n) is 10.3. The van der Waals surface area contributed by atoms with Crippen LogP contribution in [0, 0.1) is 0 Å². The van der Waals surface area contributed by atoms with E-state index in [0.717, 1.165) is 6.07 Å². The average Bonchev–Trinajstić information content (AvgIpc) is 2.38. The summed E-state index contributed by atoms with van der Waals surface area (Å²) < 4.78 is 39.2. The molecular weight excluding hydrogens is 257 g/mol. The molecule has 2 rings (SSSR count). The van der Waals surface area contributed by atoms with Gasteiger partial charge < -0.3 is 11.1 Å². The number of benzene rings is 1. The summed E-state index contributed by atoms with van der Waals surface area (Å²) in [4.78, 5) is 11.0. The normalized spacial score (nSPS) is 17.4. The van der Waals surface area contributed by atoms with Gasteiger partial charge in [0.1, 0.15) is 0 Å². The van der Waals surface area contributed by atoms with Gasteiger partial charge in [-0.25, -0.2) is 0 Å². The minimum absolute atomic E-state index is 0.106. The van der Waals surface area contributed by atoms with Crippen LogP contribution in [-0.2, 0) is 6.18 Å². The van der Waals surface area contributed by atoms with Crippen LogP contribution in [0.2, 0.25) is 0 Å². The van der Waals surface area contributed by atoms with Gasteiger partial charge in [-0.15, -0.1) is 0 Å². The molecule has 1 aliphatic rings. The topological polar surface area (TPSA) is 55.1 Å². The number of nitrogens with one attached hydrogen (secondary N) is 1. The maximum atomic E-state index is 13.1. The van der Waals surface area contributed by atoms with Crippen LogP contribution < -0.4 is 11.1 Å². The molecule has 1 heterocycles. The monoisotopic (exact) mass is 272 g/mol. The minimum Gasteiger partial charge on any atom is -0.366 e. The Hall–Kier alpha value is -1.56. The van der Waals surface area contributed by atoms with Crippen LogP contribution in [0.3, 0.4) is 0 Å². The number of piperidine rings is 1. The van der Waals surface area contributed by atoms with Crippen molar-refractivity contribution in [3.05, 3.63) is 34.9 Å². The number of nitrogens with two attached hydrogens (primary N) is 1. The molecular formula is C13H15F3N2O. The molecule has 6 heteroatoms. The fourth-order valence-electron chi connectivity index (χ4n) is 2.44. The van der Waals surface area contributed by atoms with E-state index >= 15 is 0 Å². The second kappa shape index (κ2) is 5.21. The zero-order chi connectivity index (χ0) is 14.0. The van der Waals surface area contributed by atoms with Gasteiger partial charge in [-0.05, 0) is 49.5 Å². The van der Waals surface area contributed by atoms with Gasteiger partial charge in [0, 0.05) is 5.56 Å². The van der Waals surface area contributed by atoms with Crippen molar-refractivity contribution in [1.82, 2.24) is 5.32 Å². The van der Waals surface area contributed by atoms with Gasteiger partial charge in [-0.1, -0.05) is 6.07 Å². The van der Waals surface area contributed by atoms with Gasteiger partial charge in [0.15, 0.2) is 0 Å². The molecule has 3 nitrogen and oxygen atoms in total. The van der Waals surface area contributed by atoms with Crippen molar-refractivity contribution in [3.8, 4) is 0 Å². The lowest BCUT2D eigenvalue weighted by Crippen LogP contribution is -2.28. The highest BCUT2D eigenvalue weighted by Crippen LogP contribution is 2.38. The molecule has 1 aromatic carbocycles. The van der Waals surface area contributed by atoms with Crippen molar-refractivity contribution in [3.63, 3.8) is 0 Å². The molecule has 3 N–H and O–H groups in total. The van der Waals surface area contributed by atoms with E-state index in [1.165, 1.54) is 12.1 Å². The SMILES string of the molecule is NC(=O)c1ccc(C2CCNCC2)c(C(F)(F)F)c1. The number of rotatable bonds is 2. The minimum atomic E-state index is -4.47. The van der Waals surface area contributed by atoms with Crippen LogP contribution in [0.1, 0.15) is 40.2 Å². The van der Waals surface area contributed by atoms with Crippen LogP contribution in [0.4, 0.5) is 13.2 Å². The second-order valence-corrected chi connectivity index (χ2v) is 4.69. The van der Waals surface area contributed by atoms with Crippen LogP contribution >= 0.6 is 0 Å². The molecule has 104 valence electrons. The van der Waals surface area contributed by atoms with Crippen LogP contribution in [0.25, 0.3) is 0 Å². The van der Waals surface area contributed by atoms with E-state index in [0.29, 0.717) is 25.9 Å². The van der Waals surface area contributed by atoms with Crippen molar-refractivity contribution >= 4 is 5.91 Å². The molecule has 0 radical (unpaired) electrons. The molecule has 0 unspecified atom stereocenters. The Morgan fingerprint density at radius 1 is 1.26 bits per heavy atom. The van der Waals surface area contributed by atoms with Crippen LogP contribution in [-0.4, -0.2) is 19.0 Å². The Kier molecular flexibility index (Phi) is 3.80. The Morgan fingerprint density at radius 3 is 2.42 bits per heavy atom. The van der Waals surface area contributed by atoms with E-state index in [1.54, 1.807) is 0 Å².